The van der Waals surface area contributed by atoms with Gasteiger partial charge in [0, 0.05) is 26.2 Å². The van der Waals surface area contributed by atoms with Gasteiger partial charge < -0.3 is 20.5 Å². The van der Waals surface area contributed by atoms with Gasteiger partial charge in [0.1, 0.15) is 0 Å². The molecule has 0 radical (unpaired) electrons. The second-order valence-electron chi connectivity index (χ2n) is 5.24. The molecule has 0 aromatic carbocycles. The van der Waals surface area contributed by atoms with Crippen molar-refractivity contribution in [2.75, 3.05) is 32.8 Å². The molecule has 1 saturated carbocycles. The standard InChI is InChI=1S/C15H31N3O2.HI/c1-3-16-15(18-11-12-19)17-10-9-14(20-4-2)13-7-5-6-8-13;/h13-14,19H,3-12H2,1-2H3,(H2,16,17,18);1H. The van der Waals surface area contributed by atoms with Crippen molar-refractivity contribution in [2.24, 2.45) is 10.9 Å². The van der Waals surface area contributed by atoms with E-state index in [1.54, 1.807) is 0 Å². The number of aliphatic hydroxyl groups is 1. The molecule has 0 amide bonds. The molecule has 6 heteroatoms. The summed E-state index contributed by atoms with van der Waals surface area (Å²) >= 11 is 0. The minimum atomic E-state index is 0. The summed E-state index contributed by atoms with van der Waals surface area (Å²) in [5, 5.41) is 15.1. The van der Waals surface area contributed by atoms with Crippen LogP contribution in [0.2, 0.25) is 0 Å². The molecule has 1 aliphatic rings. The van der Waals surface area contributed by atoms with E-state index < -0.39 is 0 Å². The first kappa shape index (κ1) is 20.9. The number of guanidine groups is 1. The minimum absolute atomic E-state index is 0. The zero-order chi connectivity index (χ0) is 14.6. The number of nitrogens with one attached hydrogen (secondary N) is 2. The summed E-state index contributed by atoms with van der Waals surface area (Å²) in [7, 11) is 0. The van der Waals surface area contributed by atoms with Crippen molar-refractivity contribution in [3.63, 3.8) is 0 Å². The van der Waals surface area contributed by atoms with Gasteiger partial charge in [0.25, 0.3) is 0 Å². The van der Waals surface area contributed by atoms with E-state index >= 15 is 0 Å². The Morgan fingerprint density at radius 1 is 1.29 bits per heavy atom. The third-order valence-electron chi connectivity index (χ3n) is 3.74. The SMILES string of the molecule is CCNC(=NCCC(OCC)C1CCCC1)NCCO.I. The van der Waals surface area contributed by atoms with Gasteiger partial charge in [-0.3, -0.25) is 4.99 Å². The predicted molar refractivity (Wildman–Crippen MR) is 98.5 cm³/mol. The number of aliphatic hydroxyl groups excluding tert-OH is 1. The molecule has 1 fully saturated rings. The molecular formula is C15H32IN3O2. The van der Waals surface area contributed by atoms with Gasteiger partial charge in [-0.05, 0) is 39.0 Å². The van der Waals surface area contributed by atoms with Crippen LogP contribution in [0.3, 0.4) is 0 Å². The molecule has 0 heterocycles. The highest BCUT2D eigenvalue weighted by atomic mass is 127. The Morgan fingerprint density at radius 2 is 2.00 bits per heavy atom. The normalized spacial score (nSPS) is 17.4. The Bertz CT molecular complexity index is 272. The van der Waals surface area contributed by atoms with Gasteiger partial charge in [0.15, 0.2) is 5.96 Å². The molecule has 0 bridgehead atoms. The second-order valence-corrected chi connectivity index (χ2v) is 5.24. The number of halogens is 1. The summed E-state index contributed by atoms with van der Waals surface area (Å²) < 4.78 is 5.90. The van der Waals surface area contributed by atoms with Gasteiger partial charge in [-0.25, -0.2) is 0 Å². The molecule has 1 unspecified atom stereocenters. The van der Waals surface area contributed by atoms with Crippen LogP contribution in [0, 0.1) is 5.92 Å². The van der Waals surface area contributed by atoms with Crippen molar-refractivity contribution < 1.29 is 9.84 Å². The quantitative estimate of drug-likeness (QED) is 0.308. The van der Waals surface area contributed by atoms with Gasteiger partial charge in [-0.2, -0.15) is 0 Å². The van der Waals surface area contributed by atoms with Crippen molar-refractivity contribution in [3.05, 3.63) is 0 Å². The molecule has 0 aliphatic heterocycles. The summed E-state index contributed by atoms with van der Waals surface area (Å²) in [6.07, 6.45) is 6.63. The van der Waals surface area contributed by atoms with E-state index in [1.807, 2.05) is 6.92 Å². The number of ether oxygens (including phenoxy) is 1. The topological polar surface area (TPSA) is 65.9 Å². The maximum atomic E-state index is 8.85. The van der Waals surface area contributed by atoms with Crippen molar-refractivity contribution in [1.82, 2.24) is 10.6 Å². The summed E-state index contributed by atoms with van der Waals surface area (Å²) in [6.45, 7) is 7.14. The lowest BCUT2D eigenvalue weighted by Crippen LogP contribution is -2.39. The molecule has 1 atom stereocenters. The highest BCUT2D eigenvalue weighted by Gasteiger charge is 2.24. The molecule has 1 aliphatic carbocycles. The molecular weight excluding hydrogens is 381 g/mol. The van der Waals surface area contributed by atoms with Gasteiger partial charge >= 0.3 is 0 Å². The van der Waals surface area contributed by atoms with E-state index in [-0.39, 0.29) is 30.6 Å². The summed E-state index contributed by atoms with van der Waals surface area (Å²) in [5.41, 5.74) is 0. The van der Waals surface area contributed by atoms with Crippen LogP contribution in [-0.4, -0.2) is 50.0 Å². The van der Waals surface area contributed by atoms with Crippen molar-refractivity contribution in [2.45, 2.75) is 52.1 Å². The van der Waals surface area contributed by atoms with E-state index in [4.69, 9.17) is 9.84 Å². The Balaban J connectivity index is 0.00000400. The van der Waals surface area contributed by atoms with Gasteiger partial charge in [0.2, 0.25) is 0 Å². The van der Waals surface area contributed by atoms with Crippen LogP contribution in [-0.2, 0) is 4.74 Å². The molecule has 0 saturated heterocycles. The predicted octanol–water partition coefficient (Wildman–Crippen LogP) is 2.14. The van der Waals surface area contributed by atoms with Crippen molar-refractivity contribution >= 4 is 29.9 Å². The van der Waals surface area contributed by atoms with Crippen LogP contribution < -0.4 is 10.6 Å². The van der Waals surface area contributed by atoms with Crippen molar-refractivity contribution in [3.8, 4) is 0 Å². The Hall–Kier alpha value is -0.0800. The third-order valence-corrected chi connectivity index (χ3v) is 3.74. The van der Waals surface area contributed by atoms with Crippen LogP contribution in [0.5, 0.6) is 0 Å². The Kier molecular flexibility index (Phi) is 13.5. The number of nitrogens with zero attached hydrogens (tertiary/aromatic N) is 1. The molecule has 126 valence electrons. The fourth-order valence-electron chi connectivity index (χ4n) is 2.82. The molecule has 1 rings (SSSR count). The van der Waals surface area contributed by atoms with Crippen LogP contribution in [0.15, 0.2) is 4.99 Å². The largest absolute Gasteiger partial charge is 0.395 e. The third kappa shape index (κ3) is 8.83. The van der Waals surface area contributed by atoms with Crippen LogP contribution >= 0.6 is 24.0 Å². The second kappa shape index (κ2) is 13.6. The molecule has 0 aromatic heterocycles. The lowest BCUT2D eigenvalue weighted by atomic mass is 9.98. The van der Waals surface area contributed by atoms with Crippen LogP contribution in [0.25, 0.3) is 0 Å². The fourth-order valence-corrected chi connectivity index (χ4v) is 2.82. The first-order valence-electron chi connectivity index (χ1n) is 8.06. The average molecular weight is 413 g/mol. The maximum absolute atomic E-state index is 8.85. The molecule has 5 nitrogen and oxygen atoms in total. The number of hydrogen-bond donors (Lipinski definition) is 3. The Morgan fingerprint density at radius 3 is 2.57 bits per heavy atom. The van der Waals surface area contributed by atoms with Crippen molar-refractivity contribution in [1.29, 1.82) is 0 Å². The van der Waals surface area contributed by atoms with E-state index in [0.717, 1.165) is 38.0 Å². The number of aliphatic imine (C=N–C) groups is 1. The molecule has 3 N–H and O–H groups in total. The van der Waals surface area contributed by atoms with E-state index in [0.29, 0.717) is 12.6 Å². The fraction of sp³-hybridized carbons (Fsp3) is 0.933. The first-order valence-corrected chi connectivity index (χ1v) is 8.06. The number of rotatable bonds is 9. The first-order chi connectivity index (χ1) is 9.81. The van der Waals surface area contributed by atoms with Crippen LogP contribution in [0.1, 0.15) is 46.0 Å². The molecule has 0 spiro atoms. The summed E-state index contributed by atoms with van der Waals surface area (Å²) in [4.78, 5) is 4.55. The summed E-state index contributed by atoms with van der Waals surface area (Å²) in [6, 6.07) is 0. The highest BCUT2D eigenvalue weighted by Crippen LogP contribution is 2.30. The monoisotopic (exact) mass is 413 g/mol. The van der Waals surface area contributed by atoms with Gasteiger partial charge in [-0.1, -0.05) is 12.8 Å². The average Bonchev–Trinajstić information content (AvgIpc) is 2.97. The Labute approximate surface area is 146 Å². The molecule has 21 heavy (non-hydrogen) atoms. The smallest absolute Gasteiger partial charge is 0.191 e. The zero-order valence-electron chi connectivity index (χ0n) is 13.4. The van der Waals surface area contributed by atoms with E-state index in [2.05, 4.69) is 22.5 Å². The van der Waals surface area contributed by atoms with Gasteiger partial charge in [0.05, 0.1) is 12.7 Å². The van der Waals surface area contributed by atoms with E-state index in [1.165, 1.54) is 25.7 Å². The zero-order valence-corrected chi connectivity index (χ0v) is 15.8. The molecule has 0 aromatic rings. The lowest BCUT2D eigenvalue weighted by molar-refractivity contribution is 0.0177. The summed E-state index contributed by atoms with van der Waals surface area (Å²) in [5.74, 6) is 1.50. The van der Waals surface area contributed by atoms with E-state index in [9.17, 15) is 0 Å². The number of hydrogen-bond acceptors (Lipinski definition) is 3. The van der Waals surface area contributed by atoms with Crippen LogP contribution in [0.4, 0.5) is 0 Å². The lowest BCUT2D eigenvalue weighted by Gasteiger charge is -2.22. The highest BCUT2D eigenvalue weighted by molar-refractivity contribution is 14.0. The maximum Gasteiger partial charge on any atom is 0.191 e. The minimum Gasteiger partial charge on any atom is -0.395 e. The van der Waals surface area contributed by atoms with Gasteiger partial charge in [-0.15, -0.1) is 24.0 Å².